The van der Waals surface area contributed by atoms with Crippen molar-refractivity contribution in [2.45, 2.75) is 29.9 Å². The molecule has 2 N–H and O–H groups in total. The zero-order valence-electron chi connectivity index (χ0n) is 15.5. The molecule has 0 saturated heterocycles. The monoisotopic (exact) mass is 412 g/mol. The van der Waals surface area contributed by atoms with Gasteiger partial charge in [0.05, 0.1) is 0 Å². The van der Waals surface area contributed by atoms with Gasteiger partial charge in [0, 0.05) is 22.1 Å². The van der Waals surface area contributed by atoms with Crippen LogP contribution in [0.3, 0.4) is 0 Å². The van der Waals surface area contributed by atoms with Crippen LogP contribution in [0.4, 0.5) is 10.8 Å². The second-order valence-corrected chi connectivity index (χ2v) is 8.72. The summed E-state index contributed by atoms with van der Waals surface area (Å²) in [6.45, 7) is 4.25. The first-order valence-electron chi connectivity index (χ1n) is 8.83. The van der Waals surface area contributed by atoms with Crippen LogP contribution in [0.1, 0.15) is 41.0 Å². The van der Waals surface area contributed by atoms with Gasteiger partial charge in [-0.2, -0.15) is 0 Å². The maximum Gasteiger partial charge on any atom is 0.257 e. The minimum Gasteiger partial charge on any atom is -0.322 e. The molecule has 1 aromatic heterocycles. The highest BCUT2D eigenvalue weighted by atomic mass is 32.2. The first-order chi connectivity index (χ1) is 13.5. The predicted molar refractivity (Wildman–Crippen MR) is 114 cm³/mol. The average molecular weight is 413 g/mol. The summed E-state index contributed by atoms with van der Waals surface area (Å²) in [5, 5.41) is 14.6. The molecule has 1 heterocycles. The quantitative estimate of drug-likeness (QED) is 0.424. The van der Waals surface area contributed by atoms with Crippen molar-refractivity contribution < 1.29 is 9.59 Å². The Hall–Kier alpha value is -2.71. The van der Waals surface area contributed by atoms with Crippen LogP contribution < -0.4 is 10.6 Å². The number of thioether (sulfide) groups is 1. The van der Waals surface area contributed by atoms with Gasteiger partial charge in [0.2, 0.25) is 5.13 Å². The number of hydrogen-bond donors (Lipinski definition) is 2. The fourth-order valence-corrected chi connectivity index (χ4v) is 4.22. The zero-order chi connectivity index (χ0) is 19.9. The molecule has 0 fully saturated rings. The third kappa shape index (κ3) is 5.40. The van der Waals surface area contributed by atoms with Crippen molar-refractivity contribution in [1.29, 1.82) is 0 Å². The standard InChI is InChI=1S/C20H20N4O2S2/c1-3-13(2)27-20-24-23-19(28-20)22-18(26)15-9-11-16(12-10-15)21-17(25)14-7-5-4-6-8-14/h4-13H,3H2,1-2H3,(H,21,25)(H,22,23,26). The van der Waals surface area contributed by atoms with Crippen molar-refractivity contribution in [3.63, 3.8) is 0 Å². The maximum atomic E-state index is 12.4. The van der Waals surface area contributed by atoms with E-state index in [0.717, 1.165) is 10.8 Å². The van der Waals surface area contributed by atoms with Crippen LogP contribution in [0.15, 0.2) is 58.9 Å². The molecule has 1 unspecified atom stereocenters. The Kier molecular flexibility index (Phi) is 6.78. The van der Waals surface area contributed by atoms with E-state index in [-0.39, 0.29) is 11.8 Å². The molecule has 3 rings (SSSR count). The van der Waals surface area contributed by atoms with Crippen molar-refractivity contribution in [1.82, 2.24) is 10.2 Å². The van der Waals surface area contributed by atoms with Crippen molar-refractivity contribution in [2.75, 3.05) is 10.6 Å². The van der Waals surface area contributed by atoms with Crippen LogP contribution in [0.25, 0.3) is 0 Å². The van der Waals surface area contributed by atoms with Crippen molar-refractivity contribution in [2.24, 2.45) is 0 Å². The second-order valence-electron chi connectivity index (χ2n) is 6.06. The Morgan fingerprint density at radius 1 is 0.964 bits per heavy atom. The minimum atomic E-state index is -0.267. The Balaban J connectivity index is 1.58. The number of amides is 2. The molecule has 28 heavy (non-hydrogen) atoms. The Labute approximate surface area is 171 Å². The van der Waals surface area contributed by atoms with Crippen LogP contribution in [-0.2, 0) is 0 Å². The number of benzene rings is 2. The van der Waals surface area contributed by atoms with Crippen LogP contribution in [0.5, 0.6) is 0 Å². The van der Waals surface area contributed by atoms with Gasteiger partial charge in [-0.25, -0.2) is 0 Å². The number of nitrogens with zero attached hydrogens (tertiary/aromatic N) is 2. The molecule has 0 aliphatic carbocycles. The van der Waals surface area contributed by atoms with Gasteiger partial charge in [0.25, 0.3) is 11.8 Å². The van der Waals surface area contributed by atoms with E-state index in [4.69, 9.17) is 0 Å². The van der Waals surface area contributed by atoms with E-state index in [9.17, 15) is 9.59 Å². The first kappa shape index (κ1) is 20.0. The van der Waals surface area contributed by atoms with E-state index in [1.165, 1.54) is 11.3 Å². The summed E-state index contributed by atoms with van der Waals surface area (Å²) in [6.07, 6.45) is 1.04. The topological polar surface area (TPSA) is 84.0 Å². The van der Waals surface area contributed by atoms with E-state index in [2.05, 4.69) is 34.7 Å². The fraction of sp³-hybridized carbons (Fsp3) is 0.200. The molecule has 0 spiro atoms. The minimum absolute atomic E-state index is 0.196. The van der Waals surface area contributed by atoms with Crippen molar-refractivity contribution in [3.8, 4) is 0 Å². The molecule has 6 nitrogen and oxygen atoms in total. The largest absolute Gasteiger partial charge is 0.322 e. The molecular formula is C20H20N4O2S2. The molecule has 2 aromatic carbocycles. The molecule has 1 atom stereocenters. The summed E-state index contributed by atoms with van der Waals surface area (Å²) in [5.41, 5.74) is 1.67. The predicted octanol–water partition coefficient (Wildman–Crippen LogP) is 4.93. The summed E-state index contributed by atoms with van der Waals surface area (Å²) in [7, 11) is 0. The molecule has 8 heteroatoms. The van der Waals surface area contributed by atoms with Gasteiger partial charge in [-0.15, -0.1) is 10.2 Å². The molecule has 0 radical (unpaired) electrons. The average Bonchev–Trinajstić information content (AvgIpc) is 3.15. The smallest absolute Gasteiger partial charge is 0.257 e. The van der Waals surface area contributed by atoms with Gasteiger partial charge in [0.15, 0.2) is 4.34 Å². The Morgan fingerprint density at radius 2 is 1.61 bits per heavy atom. The summed E-state index contributed by atoms with van der Waals surface area (Å²) < 4.78 is 0.837. The lowest BCUT2D eigenvalue weighted by Gasteiger charge is -2.06. The highest BCUT2D eigenvalue weighted by Gasteiger charge is 2.13. The Bertz CT molecular complexity index is 942. The van der Waals surface area contributed by atoms with E-state index in [1.807, 2.05) is 18.2 Å². The lowest BCUT2D eigenvalue weighted by atomic mass is 10.1. The van der Waals surface area contributed by atoms with E-state index >= 15 is 0 Å². The number of hydrogen-bond acceptors (Lipinski definition) is 6. The lowest BCUT2D eigenvalue weighted by molar-refractivity contribution is 0.102. The SMILES string of the molecule is CCC(C)Sc1nnc(NC(=O)c2ccc(NC(=O)c3ccccc3)cc2)s1. The third-order valence-corrected chi connectivity index (χ3v) is 6.14. The second kappa shape index (κ2) is 9.48. The molecule has 2 amide bonds. The normalized spacial score (nSPS) is 11.6. The van der Waals surface area contributed by atoms with Crippen LogP contribution in [0, 0.1) is 0 Å². The zero-order valence-corrected chi connectivity index (χ0v) is 17.1. The number of carbonyl (C=O) groups is 2. The van der Waals surface area contributed by atoms with Crippen LogP contribution in [-0.4, -0.2) is 27.3 Å². The molecule has 0 bridgehead atoms. The molecule has 0 aliphatic rings. The highest BCUT2D eigenvalue weighted by molar-refractivity contribution is 8.01. The summed E-state index contributed by atoms with van der Waals surface area (Å²) in [6, 6.07) is 15.7. The van der Waals surface area contributed by atoms with Crippen molar-refractivity contribution in [3.05, 3.63) is 65.7 Å². The third-order valence-electron chi connectivity index (χ3n) is 3.94. The Morgan fingerprint density at radius 3 is 2.29 bits per heavy atom. The molecule has 0 aliphatic heterocycles. The van der Waals surface area contributed by atoms with Crippen LogP contribution in [0.2, 0.25) is 0 Å². The van der Waals surface area contributed by atoms with Gasteiger partial charge in [-0.3, -0.25) is 14.9 Å². The van der Waals surface area contributed by atoms with Crippen LogP contribution >= 0.6 is 23.1 Å². The molecule has 144 valence electrons. The fourth-order valence-electron chi connectivity index (χ4n) is 2.23. The van der Waals surface area contributed by atoms with E-state index in [0.29, 0.717) is 27.2 Å². The molecular weight excluding hydrogens is 392 g/mol. The number of carbonyl (C=O) groups excluding carboxylic acids is 2. The van der Waals surface area contributed by atoms with Gasteiger partial charge in [-0.05, 0) is 42.8 Å². The summed E-state index contributed by atoms with van der Waals surface area (Å²) >= 11 is 3.01. The van der Waals surface area contributed by atoms with Gasteiger partial charge >= 0.3 is 0 Å². The molecule has 3 aromatic rings. The highest BCUT2D eigenvalue weighted by Crippen LogP contribution is 2.30. The number of aromatic nitrogens is 2. The number of nitrogens with one attached hydrogen (secondary N) is 2. The maximum absolute atomic E-state index is 12.4. The first-order valence-corrected chi connectivity index (χ1v) is 10.5. The van der Waals surface area contributed by atoms with Gasteiger partial charge in [-0.1, -0.05) is 55.1 Å². The van der Waals surface area contributed by atoms with Gasteiger partial charge in [0.1, 0.15) is 0 Å². The lowest BCUT2D eigenvalue weighted by Crippen LogP contribution is -2.13. The van der Waals surface area contributed by atoms with E-state index in [1.54, 1.807) is 48.2 Å². The summed E-state index contributed by atoms with van der Waals surface area (Å²) in [4.78, 5) is 24.6. The number of anilines is 2. The number of rotatable bonds is 7. The van der Waals surface area contributed by atoms with Crippen molar-refractivity contribution >= 4 is 45.7 Å². The molecule has 0 saturated carbocycles. The summed E-state index contributed by atoms with van der Waals surface area (Å²) in [5.74, 6) is -0.463. The van der Waals surface area contributed by atoms with E-state index < -0.39 is 0 Å². The van der Waals surface area contributed by atoms with Gasteiger partial charge < -0.3 is 5.32 Å².